The van der Waals surface area contributed by atoms with Crippen LogP contribution in [-0.4, -0.2) is 0 Å². The van der Waals surface area contributed by atoms with Crippen LogP contribution >= 0.6 is 0 Å². The Morgan fingerprint density at radius 1 is 0.522 bits per heavy atom. The van der Waals surface area contributed by atoms with Crippen molar-refractivity contribution in [1.82, 2.24) is 0 Å². The summed E-state index contributed by atoms with van der Waals surface area (Å²) >= 11 is 0. The molecule has 0 N–H and O–H groups in total. The summed E-state index contributed by atoms with van der Waals surface area (Å²) < 4.78 is 0. The number of hydrogen-bond donors (Lipinski definition) is 0. The van der Waals surface area contributed by atoms with E-state index >= 15 is 0 Å². The maximum Gasteiger partial charge on any atom is -0.00882 e. The van der Waals surface area contributed by atoms with Crippen LogP contribution in [0.2, 0.25) is 0 Å². The van der Waals surface area contributed by atoms with Gasteiger partial charge in [-0.3, -0.25) is 0 Å². The third-order valence-electron chi connectivity index (χ3n) is 2.36. The quantitative estimate of drug-likeness (QED) is 0.461. The first kappa shape index (κ1) is 26.1. The van der Waals surface area contributed by atoms with Gasteiger partial charge in [-0.15, -0.1) is 0 Å². The van der Waals surface area contributed by atoms with E-state index in [-0.39, 0.29) is 0 Å². The van der Waals surface area contributed by atoms with Gasteiger partial charge in [-0.25, -0.2) is 0 Å². The maximum atomic E-state index is 2.20. The molecule has 2 aromatic carbocycles. The van der Waals surface area contributed by atoms with Crippen LogP contribution in [0.1, 0.15) is 66.5 Å². The second kappa shape index (κ2) is 25.2. The molecule has 0 saturated heterocycles. The van der Waals surface area contributed by atoms with Crippen LogP contribution in [0.3, 0.4) is 0 Å². The van der Waals surface area contributed by atoms with Gasteiger partial charge in [-0.05, 0) is 17.5 Å². The lowest BCUT2D eigenvalue weighted by Gasteiger charge is -1.93. The average molecular weight is 315 g/mol. The van der Waals surface area contributed by atoms with Crippen LogP contribution in [0, 0.1) is 0 Å². The van der Waals surface area contributed by atoms with Gasteiger partial charge >= 0.3 is 0 Å². The summed E-state index contributed by atoms with van der Waals surface area (Å²) in [6.45, 7) is 16.0. The monoisotopic (exact) mass is 314 g/mol. The molecule has 0 spiro atoms. The average Bonchev–Trinajstić information content (AvgIpc) is 3.19. The van der Waals surface area contributed by atoms with E-state index in [0.717, 1.165) is 6.42 Å². The predicted octanol–water partition coefficient (Wildman–Crippen LogP) is 8.05. The van der Waals surface area contributed by atoms with Crippen LogP contribution < -0.4 is 0 Å². The molecule has 0 bridgehead atoms. The van der Waals surface area contributed by atoms with Crippen LogP contribution in [0.25, 0.3) is 6.08 Å². The standard InChI is InChI=1S/C9H8.C6H6.4C2H6/c1-2-5-9-7-3-6-8(9)4-1;1-2-4-6-5-3-1;4*1-2/h1-6H,7H2;1-6H;4*1-2H3. The Balaban J connectivity index is -0.000000252. The predicted molar refractivity (Wildman–Crippen MR) is 111 cm³/mol. The number of rotatable bonds is 0. The lowest BCUT2D eigenvalue weighted by Crippen LogP contribution is -1.76. The summed E-state index contributed by atoms with van der Waals surface area (Å²) in [7, 11) is 0. The lowest BCUT2D eigenvalue weighted by molar-refractivity contribution is 1.31. The maximum absolute atomic E-state index is 2.20. The van der Waals surface area contributed by atoms with Crippen molar-refractivity contribution in [2.75, 3.05) is 0 Å². The second-order valence-electron chi connectivity index (χ2n) is 3.46. The molecule has 0 unspecified atom stereocenters. The number of allylic oxidation sites excluding steroid dienone is 1. The van der Waals surface area contributed by atoms with Crippen molar-refractivity contribution < 1.29 is 0 Å². The molecule has 0 radical (unpaired) electrons. The van der Waals surface area contributed by atoms with Gasteiger partial charge in [0.1, 0.15) is 0 Å². The molecular formula is C23H38. The molecule has 1 aliphatic rings. The second-order valence-corrected chi connectivity index (χ2v) is 3.46. The summed E-state index contributed by atoms with van der Waals surface area (Å²) in [4.78, 5) is 0. The Bertz CT molecular complexity index is 400. The molecule has 0 heteroatoms. The largest absolute Gasteiger partial charge is 0.0795 e. The fourth-order valence-electron chi connectivity index (χ4n) is 1.58. The number of benzene rings is 2. The minimum atomic E-state index is 1.12. The smallest absolute Gasteiger partial charge is 0.00882 e. The van der Waals surface area contributed by atoms with Crippen LogP contribution in [-0.2, 0) is 6.42 Å². The molecule has 0 aliphatic heterocycles. The zero-order valence-electron chi connectivity index (χ0n) is 16.6. The molecule has 3 rings (SSSR count). The molecular weight excluding hydrogens is 276 g/mol. The van der Waals surface area contributed by atoms with Gasteiger partial charge in [0, 0.05) is 0 Å². The summed E-state index contributed by atoms with van der Waals surface area (Å²) in [5.74, 6) is 0. The van der Waals surface area contributed by atoms with Crippen LogP contribution in [0.5, 0.6) is 0 Å². The van der Waals surface area contributed by atoms with E-state index < -0.39 is 0 Å². The topological polar surface area (TPSA) is 0 Å². The van der Waals surface area contributed by atoms with Crippen molar-refractivity contribution in [1.29, 1.82) is 0 Å². The summed E-state index contributed by atoms with van der Waals surface area (Å²) in [6.07, 6.45) is 5.50. The summed E-state index contributed by atoms with van der Waals surface area (Å²) in [5, 5.41) is 0. The summed E-state index contributed by atoms with van der Waals surface area (Å²) in [6, 6.07) is 20.5. The lowest BCUT2D eigenvalue weighted by atomic mass is 10.1. The van der Waals surface area contributed by atoms with E-state index in [2.05, 4.69) is 36.4 Å². The molecule has 23 heavy (non-hydrogen) atoms. The van der Waals surface area contributed by atoms with Crippen molar-refractivity contribution in [2.24, 2.45) is 0 Å². The van der Waals surface area contributed by atoms with Crippen LogP contribution in [0.4, 0.5) is 0 Å². The third-order valence-corrected chi connectivity index (χ3v) is 2.36. The highest BCUT2D eigenvalue weighted by Crippen LogP contribution is 2.17. The van der Waals surface area contributed by atoms with E-state index in [1.807, 2.05) is 91.8 Å². The highest BCUT2D eigenvalue weighted by atomic mass is 14.0. The van der Waals surface area contributed by atoms with E-state index in [0.29, 0.717) is 0 Å². The van der Waals surface area contributed by atoms with Gasteiger partial charge in [0.05, 0.1) is 0 Å². The minimum Gasteiger partial charge on any atom is -0.0795 e. The highest BCUT2D eigenvalue weighted by Gasteiger charge is 2.00. The first-order valence-corrected chi connectivity index (χ1v) is 9.21. The van der Waals surface area contributed by atoms with E-state index in [4.69, 9.17) is 0 Å². The number of fused-ring (bicyclic) bond motifs is 1. The number of hydrogen-bond acceptors (Lipinski definition) is 0. The van der Waals surface area contributed by atoms with Gasteiger partial charge < -0.3 is 0 Å². The fourth-order valence-corrected chi connectivity index (χ4v) is 1.58. The van der Waals surface area contributed by atoms with Crippen molar-refractivity contribution >= 4 is 6.08 Å². The molecule has 0 atom stereocenters. The van der Waals surface area contributed by atoms with E-state index in [1.54, 1.807) is 0 Å². The van der Waals surface area contributed by atoms with Gasteiger partial charge in [-0.2, -0.15) is 0 Å². The molecule has 0 nitrogen and oxygen atoms in total. The molecule has 2 aromatic rings. The highest BCUT2D eigenvalue weighted by molar-refractivity contribution is 5.59. The Labute approximate surface area is 146 Å². The molecule has 0 aromatic heterocycles. The first-order valence-electron chi connectivity index (χ1n) is 9.21. The Hall–Kier alpha value is -1.82. The Kier molecular flexibility index (Phi) is 28.5. The van der Waals surface area contributed by atoms with E-state index in [1.165, 1.54) is 11.1 Å². The normalized spacial score (nSPS) is 8.52. The Morgan fingerprint density at radius 3 is 1.30 bits per heavy atom. The molecule has 0 saturated carbocycles. The molecule has 0 heterocycles. The Morgan fingerprint density at radius 2 is 0.913 bits per heavy atom. The van der Waals surface area contributed by atoms with Gasteiger partial charge in [0.2, 0.25) is 0 Å². The van der Waals surface area contributed by atoms with Gasteiger partial charge in [0.25, 0.3) is 0 Å². The van der Waals surface area contributed by atoms with Crippen molar-refractivity contribution in [3.8, 4) is 0 Å². The van der Waals surface area contributed by atoms with Gasteiger partial charge in [0.15, 0.2) is 0 Å². The third kappa shape index (κ3) is 14.9. The summed E-state index contributed by atoms with van der Waals surface area (Å²) in [5.41, 5.74) is 2.84. The molecule has 130 valence electrons. The molecule has 0 amide bonds. The van der Waals surface area contributed by atoms with Crippen LogP contribution in [0.15, 0.2) is 66.7 Å². The fraction of sp³-hybridized carbons (Fsp3) is 0.391. The van der Waals surface area contributed by atoms with Crippen molar-refractivity contribution in [3.05, 3.63) is 77.9 Å². The first-order chi connectivity index (χ1) is 11.5. The molecule has 0 fully saturated rings. The van der Waals surface area contributed by atoms with Gasteiger partial charge in [-0.1, -0.05) is 128 Å². The zero-order valence-corrected chi connectivity index (χ0v) is 16.6. The zero-order chi connectivity index (χ0) is 18.3. The molecule has 1 aliphatic carbocycles. The minimum absolute atomic E-state index is 1.12. The van der Waals surface area contributed by atoms with Crippen molar-refractivity contribution in [3.63, 3.8) is 0 Å². The van der Waals surface area contributed by atoms with Crippen molar-refractivity contribution in [2.45, 2.75) is 61.8 Å². The van der Waals surface area contributed by atoms with E-state index in [9.17, 15) is 0 Å². The SMILES string of the molecule is C1=Cc2ccccc2C1.CC.CC.CC.CC.c1ccccc1.